The van der Waals surface area contributed by atoms with Crippen molar-refractivity contribution in [3.63, 3.8) is 0 Å². The third kappa shape index (κ3) is 4.38. The maximum Gasteiger partial charge on any atom is 0.268 e. The highest BCUT2D eigenvalue weighted by Crippen LogP contribution is 2.22. The molecule has 0 saturated carbocycles. The summed E-state index contributed by atoms with van der Waals surface area (Å²) in [6.07, 6.45) is 4.35. The van der Waals surface area contributed by atoms with E-state index in [0.717, 1.165) is 40.4 Å². The summed E-state index contributed by atoms with van der Waals surface area (Å²) in [7, 11) is 0. The van der Waals surface area contributed by atoms with Crippen LogP contribution in [0.15, 0.2) is 66.2 Å². The molecule has 4 aromatic rings. The number of carbonyl (C=O) groups is 2. The van der Waals surface area contributed by atoms with E-state index < -0.39 is 0 Å². The molecule has 0 bridgehead atoms. The van der Waals surface area contributed by atoms with Crippen LogP contribution < -0.4 is 10.6 Å². The number of hydrogen-bond donors (Lipinski definition) is 2. The van der Waals surface area contributed by atoms with Crippen molar-refractivity contribution in [3.8, 4) is 0 Å². The molecule has 1 unspecified atom stereocenters. The summed E-state index contributed by atoms with van der Waals surface area (Å²) >= 11 is 1.38. The quantitative estimate of drug-likeness (QED) is 0.486. The molecule has 2 amide bonds. The highest BCUT2D eigenvalue weighted by molar-refractivity contribution is 7.12. The van der Waals surface area contributed by atoms with Crippen molar-refractivity contribution < 1.29 is 9.59 Å². The lowest BCUT2D eigenvalue weighted by atomic mass is 9.92. The molecule has 0 fully saturated rings. The van der Waals surface area contributed by atoms with Gasteiger partial charge in [-0.3, -0.25) is 14.9 Å². The predicted octanol–water partition coefficient (Wildman–Crippen LogP) is 4.16. The number of fused-ring (bicyclic) bond motifs is 2. The molecule has 160 valence electrons. The number of benzene rings is 2. The van der Waals surface area contributed by atoms with Gasteiger partial charge in [-0.25, -0.2) is 9.97 Å². The zero-order chi connectivity index (χ0) is 21.9. The Labute approximate surface area is 189 Å². The van der Waals surface area contributed by atoms with Crippen molar-refractivity contribution in [1.29, 1.82) is 0 Å². The van der Waals surface area contributed by atoms with Gasteiger partial charge in [-0.2, -0.15) is 0 Å². The molecule has 5 rings (SSSR count). The Kier molecular flexibility index (Phi) is 5.64. The number of nitrogens with zero attached hydrogens (tertiary/aromatic N) is 2. The normalized spacial score (nSPS) is 15.2. The smallest absolute Gasteiger partial charge is 0.268 e. The summed E-state index contributed by atoms with van der Waals surface area (Å²) in [5, 5.41) is 10.1. The lowest BCUT2D eigenvalue weighted by Gasteiger charge is -2.25. The maximum absolute atomic E-state index is 12.7. The lowest BCUT2D eigenvalue weighted by molar-refractivity contribution is -0.121. The first kappa shape index (κ1) is 20.3. The van der Waals surface area contributed by atoms with Crippen LogP contribution in [0.3, 0.4) is 0 Å². The van der Waals surface area contributed by atoms with Gasteiger partial charge in [0.05, 0.1) is 11.3 Å². The van der Waals surface area contributed by atoms with Crippen LogP contribution in [-0.4, -0.2) is 27.8 Å². The first-order valence-corrected chi connectivity index (χ1v) is 11.5. The fourth-order valence-corrected chi connectivity index (χ4v) is 4.78. The van der Waals surface area contributed by atoms with Gasteiger partial charge in [0.25, 0.3) is 5.91 Å². The molecule has 2 heterocycles. The van der Waals surface area contributed by atoms with Crippen LogP contribution in [0.2, 0.25) is 0 Å². The van der Waals surface area contributed by atoms with Gasteiger partial charge in [0.1, 0.15) is 0 Å². The second-order valence-electron chi connectivity index (χ2n) is 7.92. The number of nitrogens with one attached hydrogen (secondary N) is 2. The molecule has 1 aliphatic carbocycles. The monoisotopic (exact) mass is 442 g/mol. The Bertz CT molecular complexity index is 1280. The molecule has 1 atom stereocenters. The van der Waals surface area contributed by atoms with Gasteiger partial charge in [0, 0.05) is 17.9 Å². The fourth-order valence-electron chi connectivity index (χ4n) is 4.16. The van der Waals surface area contributed by atoms with E-state index in [2.05, 4.69) is 38.8 Å². The van der Waals surface area contributed by atoms with Gasteiger partial charge in [-0.15, -0.1) is 11.3 Å². The van der Waals surface area contributed by atoms with E-state index in [-0.39, 0.29) is 17.9 Å². The third-order valence-electron chi connectivity index (χ3n) is 5.72. The van der Waals surface area contributed by atoms with E-state index in [9.17, 15) is 9.59 Å². The van der Waals surface area contributed by atoms with Gasteiger partial charge in [-0.05, 0) is 52.6 Å². The molecule has 2 aromatic heterocycles. The molecule has 0 radical (unpaired) electrons. The minimum Gasteiger partial charge on any atom is -0.353 e. The van der Waals surface area contributed by atoms with Crippen molar-refractivity contribution in [2.24, 2.45) is 0 Å². The lowest BCUT2D eigenvalue weighted by Crippen LogP contribution is -2.40. The zero-order valence-electron chi connectivity index (χ0n) is 17.4. The van der Waals surface area contributed by atoms with Crippen LogP contribution in [0.5, 0.6) is 0 Å². The van der Waals surface area contributed by atoms with E-state index in [1.807, 2.05) is 35.7 Å². The summed E-state index contributed by atoms with van der Waals surface area (Å²) in [6.45, 7) is 0. The number of hydrogen-bond acceptors (Lipinski definition) is 5. The van der Waals surface area contributed by atoms with Crippen LogP contribution in [0, 0.1) is 0 Å². The first-order valence-electron chi connectivity index (χ1n) is 10.6. The molecular formula is C25H22N4O2S. The topological polar surface area (TPSA) is 84.0 Å². The van der Waals surface area contributed by atoms with E-state index in [0.29, 0.717) is 23.7 Å². The number of rotatable bonds is 5. The molecule has 2 N–H and O–H groups in total. The summed E-state index contributed by atoms with van der Waals surface area (Å²) < 4.78 is 0. The highest BCUT2D eigenvalue weighted by Gasteiger charge is 2.23. The standard InChI is InChI=1S/C25H22N4O2S/c30-23(14-17-7-3-6-16-5-1-2-8-20(16)17)27-19-10-11-21-18(13-19)15-26-25(28-21)29-24(31)22-9-4-12-32-22/h1-9,12,15,19H,10-11,13-14H2,(H,27,30)(H,26,28,29,31). The molecule has 1 aliphatic rings. The molecule has 0 spiro atoms. The second kappa shape index (κ2) is 8.88. The van der Waals surface area contributed by atoms with Gasteiger partial charge < -0.3 is 5.32 Å². The third-order valence-corrected chi connectivity index (χ3v) is 6.59. The molecule has 2 aromatic carbocycles. The number of aryl methyl sites for hydroxylation is 1. The molecule has 7 heteroatoms. The number of carbonyl (C=O) groups excluding carboxylic acids is 2. The van der Waals surface area contributed by atoms with Crippen molar-refractivity contribution in [1.82, 2.24) is 15.3 Å². The van der Waals surface area contributed by atoms with Gasteiger partial charge in [0.15, 0.2) is 0 Å². The SMILES string of the molecule is O=C(Cc1cccc2ccccc12)NC1CCc2nc(NC(=O)c3cccs3)ncc2C1. The van der Waals surface area contributed by atoms with Gasteiger partial charge in [-0.1, -0.05) is 48.5 Å². The number of anilines is 1. The van der Waals surface area contributed by atoms with E-state index in [1.165, 1.54) is 11.3 Å². The van der Waals surface area contributed by atoms with E-state index >= 15 is 0 Å². The minimum absolute atomic E-state index is 0.0237. The first-order chi connectivity index (χ1) is 15.7. The second-order valence-corrected chi connectivity index (χ2v) is 8.87. The largest absolute Gasteiger partial charge is 0.353 e. The fraction of sp³-hybridized carbons (Fsp3) is 0.200. The summed E-state index contributed by atoms with van der Waals surface area (Å²) in [6, 6.07) is 17.8. The van der Waals surface area contributed by atoms with Crippen molar-refractivity contribution in [3.05, 3.63) is 87.9 Å². The van der Waals surface area contributed by atoms with Crippen LogP contribution in [0.25, 0.3) is 10.8 Å². The van der Waals surface area contributed by atoms with Crippen LogP contribution in [-0.2, 0) is 24.1 Å². The summed E-state index contributed by atoms with van der Waals surface area (Å²) in [4.78, 5) is 34.4. The zero-order valence-corrected chi connectivity index (χ0v) is 18.2. The number of amides is 2. The molecule has 0 saturated heterocycles. The Morgan fingerprint density at radius 1 is 1.06 bits per heavy atom. The highest BCUT2D eigenvalue weighted by atomic mass is 32.1. The van der Waals surface area contributed by atoms with Crippen molar-refractivity contribution in [2.75, 3.05) is 5.32 Å². The Morgan fingerprint density at radius 2 is 1.94 bits per heavy atom. The average Bonchev–Trinajstić information content (AvgIpc) is 3.35. The molecule has 0 aliphatic heterocycles. The van der Waals surface area contributed by atoms with E-state index in [1.54, 1.807) is 12.3 Å². The van der Waals surface area contributed by atoms with Gasteiger partial charge >= 0.3 is 0 Å². The Hall–Kier alpha value is -3.58. The maximum atomic E-state index is 12.7. The minimum atomic E-state index is -0.200. The average molecular weight is 443 g/mol. The molecule has 6 nitrogen and oxygen atoms in total. The predicted molar refractivity (Wildman–Crippen MR) is 126 cm³/mol. The Balaban J connectivity index is 1.21. The van der Waals surface area contributed by atoms with Crippen LogP contribution in [0.1, 0.15) is 32.9 Å². The summed E-state index contributed by atoms with van der Waals surface area (Å²) in [5.74, 6) is 0.144. The van der Waals surface area contributed by atoms with Crippen LogP contribution in [0.4, 0.5) is 5.95 Å². The van der Waals surface area contributed by atoms with E-state index in [4.69, 9.17) is 0 Å². The number of thiophene rings is 1. The number of aromatic nitrogens is 2. The molecule has 32 heavy (non-hydrogen) atoms. The van der Waals surface area contributed by atoms with Crippen molar-refractivity contribution in [2.45, 2.75) is 31.7 Å². The summed E-state index contributed by atoms with van der Waals surface area (Å²) in [5.41, 5.74) is 2.98. The van der Waals surface area contributed by atoms with Gasteiger partial charge in [0.2, 0.25) is 11.9 Å². The van der Waals surface area contributed by atoms with Crippen LogP contribution >= 0.6 is 11.3 Å². The Morgan fingerprint density at radius 3 is 2.81 bits per heavy atom. The van der Waals surface area contributed by atoms with Crippen molar-refractivity contribution >= 4 is 39.9 Å². The molecular weight excluding hydrogens is 420 g/mol.